The number of rotatable bonds is 6. The van der Waals surface area contributed by atoms with Gasteiger partial charge in [-0.1, -0.05) is 29.8 Å². The van der Waals surface area contributed by atoms with Gasteiger partial charge in [-0.15, -0.1) is 0 Å². The number of carbonyl (C=O) groups excluding carboxylic acids is 1. The van der Waals surface area contributed by atoms with Crippen molar-refractivity contribution in [1.82, 2.24) is 5.32 Å². The molecule has 1 aliphatic rings. The van der Waals surface area contributed by atoms with Crippen molar-refractivity contribution in [1.29, 1.82) is 0 Å². The molecule has 0 saturated carbocycles. The molecule has 116 valence electrons. The number of carbonyl (C=O) groups is 1. The van der Waals surface area contributed by atoms with Gasteiger partial charge in [-0.25, -0.2) is 0 Å². The molecule has 0 radical (unpaired) electrons. The molecule has 0 unspecified atom stereocenters. The third-order valence-electron chi connectivity index (χ3n) is 3.89. The largest absolute Gasteiger partial charge is 0.384 e. The van der Waals surface area contributed by atoms with Crippen LogP contribution in [0, 0.1) is 5.92 Å². The van der Waals surface area contributed by atoms with Gasteiger partial charge in [0.1, 0.15) is 5.60 Å². The fourth-order valence-electron chi connectivity index (χ4n) is 2.50. The first kappa shape index (κ1) is 16.3. The van der Waals surface area contributed by atoms with Gasteiger partial charge in [0.05, 0.1) is 6.54 Å². The second-order valence-electron chi connectivity index (χ2n) is 5.80. The van der Waals surface area contributed by atoms with Gasteiger partial charge in [0.2, 0.25) is 5.91 Å². The second-order valence-corrected chi connectivity index (χ2v) is 6.21. The monoisotopic (exact) mass is 311 g/mol. The lowest BCUT2D eigenvalue weighted by Gasteiger charge is -2.25. The zero-order valence-electron chi connectivity index (χ0n) is 12.3. The lowest BCUT2D eigenvalue weighted by Crippen LogP contribution is -2.38. The van der Waals surface area contributed by atoms with E-state index in [0.29, 0.717) is 22.9 Å². The van der Waals surface area contributed by atoms with E-state index in [9.17, 15) is 9.90 Å². The van der Waals surface area contributed by atoms with Crippen molar-refractivity contribution in [3.63, 3.8) is 0 Å². The minimum Gasteiger partial charge on any atom is -0.384 e. The van der Waals surface area contributed by atoms with Gasteiger partial charge < -0.3 is 15.2 Å². The molecule has 1 aromatic carbocycles. The van der Waals surface area contributed by atoms with E-state index in [4.69, 9.17) is 16.3 Å². The van der Waals surface area contributed by atoms with Crippen LogP contribution in [0.15, 0.2) is 24.3 Å². The molecule has 2 rings (SSSR count). The van der Waals surface area contributed by atoms with Crippen LogP contribution in [0.2, 0.25) is 5.02 Å². The Kier molecular flexibility index (Phi) is 5.62. The van der Waals surface area contributed by atoms with E-state index >= 15 is 0 Å². The smallest absolute Gasteiger partial charge is 0.220 e. The molecule has 1 heterocycles. The van der Waals surface area contributed by atoms with Crippen LogP contribution in [-0.4, -0.2) is 30.8 Å². The number of nitrogens with one attached hydrogen (secondary N) is 1. The predicted molar refractivity (Wildman–Crippen MR) is 82.2 cm³/mol. The van der Waals surface area contributed by atoms with Crippen LogP contribution in [0.1, 0.15) is 31.7 Å². The van der Waals surface area contributed by atoms with Crippen molar-refractivity contribution in [3.8, 4) is 0 Å². The highest BCUT2D eigenvalue weighted by atomic mass is 35.5. The van der Waals surface area contributed by atoms with Crippen LogP contribution in [0.4, 0.5) is 0 Å². The van der Waals surface area contributed by atoms with Crippen LogP contribution in [0.25, 0.3) is 0 Å². The van der Waals surface area contributed by atoms with E-state index in [0.717, 1.165) is 26.1 Å². The SMILES string of the molecule is C[C@@](O)(CNC(=O)CC[C@@H]1CCOC1)c1ccccc1Cl. The molecule has 1 fully saturated rings. The Morgan fingerprint density at radius 3 is 2.95 bits per heavy atom. The molecule has 0 aromatic heterocycles. The van der Waals surface area contributed by atoms with Gasteiger partial charge in [0.25, 0.3) is 0 Å². The van der Waals surface area contributed by atoms with Gasteiger partial charge in [0, 0.05) is 30.2 Å². The first-order valence-corrected chi connectivity index (χ1v) is 7.68. The zero-order chi connectivity index (χ0) is 15.3. The van der Waals surface area contributed by atoms with Crippen LogP contribution in [0.3, 0.4) is 0 Å². The summed E-state index contributed by atoms with van der Waals surface area (Å²) in [6, 6.07) is 7.12. The highest BCUT2D eigenvalue weighted by Gasteiger charge is 2.26. The molecule has 0 aliphatic carbocycles. The number of halogens is 1. The van der Waals surface area contributed by atoms with Crippen LogP contribution < -0.4 is 5.32 Å². The van der Waals surface area contributed by atoms with Crippen LogP contribution in [0.5, 0.6) is 0 Å². The Morgan fingerprint density at radius 1 is 1.52 bits per heavy atom. The van der Waals surface area contributed by atoms with Crippen molar-refractivity contribution < 1.29 is 14.6 Å². The van der Waals surface area contributed by atoms with Crippen molar-refractivity contribution in [2.75, 3.05) is 19.8 Å². The lowest BCUT2D eigenvalue weighted by molar-refractivity contribution is -0.122. The maximum Gasteiger partial charge on any atom is 0.220 e. The molecule has 2 N–H and O–H groups in total. The molecule has 2 atom stereocenters. The highest BCUT2D eigenvalue weighted by molar-refractivity contribution is 6.31. The van der Waals surface area contributed by atoms with Crippen molar-refractivity contribution in [3.05, 3.63) is 34.9 Å². The third kappa shape index (κ3) is 4.70. The lowest BCUT2D eigenvalue weighted by atomic mass is 9.95. The molecule has 1 aliphatic heterocycles. The van der Waals surface area contributed by atoms with Gasteiger partial charge in [0.15, 0.2) is 0 Å². The minimum absolute atomic E-state index is 0.0470. The van der Waals surface area contributed by atoms with Crippen molar-refractivity contribution in [2.45, 2.75) is 31.8 Å². The molecule has 1 aromatic rings. The molecular formula is C16H22ClNO3. The quantitative estimate of drug-likeness (QED) is 0.848. The Balaban J connectivity index is 1.80. The minimum atomic E-state index is -1.18. The first-order valence-electron chi connectivity index (χ1n) is 7.31. The van der Waals surface area contributed by atoms with E-state index < -0.39 is 5.60 Å². The van der Waals surface area contributed by atoms with E-state index in [1.807, 2.05) is 12.1 Å². The zero-order valence-corrected chi connectivity index (χ0v) is 13.0. The molecule has 5 heteroatoms. The number of hydrogen-bond donors (Lipinski definition) is 2. The number of ether oxygens (including phenoxy) is 1. The first-order chi connectivity index (χ1) is 9.99. The third-order valence-corrected chi connectivity index (χ3v) is 4.22. The van der Waals surface area contributed by atoms with Gasteiger partial charge in [-0.3, -0.25) is 4.79 Å². The van der Waals surface area contributed by atoms with E-state index in [1.165, 1.54) is 0 Å². The van der Waals surface area contributed by atoms with E-state index in [1.54, 1.807) is 19.1 Å². The van der Waals surface area contributed by atoms with Crippen molar-refractivity contribution in [2.24, 2.45) is 5.92 Å². The fraction of sp³-hybridized carbons (Fsp3) is 0.562. The normalized spacial score (nSPS) is 21.0. The molecule has 4 nitrogen and oxygen atoms in total. The summed E-state index contributed by atoms with van der Waals surface area (Å²) >= 11 is 6.08. The molecule has 0 spiro atoms. The molecule has 0 bridgehead atoms. The van der Waals surface area contributed by atoms with Crippen LogP contribution >= 0.6 is 11.6 Å². The molecule has 1 saturated heterocycles. The highest BCUT2D eigenvalue weighted by Crippen LogP contribution is 2.27. The summed E-state index contributed by atoms with van der Waals surface area (Å²) in [5, 5.41) is 13.8. The fourth-order valence-corrected chi connectivity index (χ4v) is 2.84. The number of benzene rings is 1. The Morgan fingerprint density at radius 2 is 2.29 bits per heavy atom. The van der Waals surface area contributed by atoms with E-state index in [2.05, 4.69) is 5.32 Å². The predicted octanol–water partition coefficient (Wildman–Crippen LogP) is 2.48. The average molecular weight is 312 g/mol. The summed E-state index contributed by atoms with van der Waals surface area (Å²) in [6.45, 7) is 3.36. The molecule has 21 heavy (non-hydrogen) atoms. The average Bonchev–Trinajstić information content (AvgIpc) is 2.96. The summed E-state index contributed by atoms with van der Waals surface area (Å²) in [7, 11) is 0. The Hall–Kier alpha value is -1.10. The van der Waals surface area contributed by atoms with E-state index in [-0.39, 0.29) is 12.5 Å². The topological polar surface area (TPSA) is 58.6 Å². The van der Waals surface area contributed by atoms with Gasteiger partial charge in [-0.2, -0.15) is 0 Å². The second kappa shape index (κ2) is 7.25. The number of aliphatic hydroxyl groups is 1. The summed E-state index contributed by atoms with van der Waals surface area (Å²) in [5.74, 6) is 0.439. The Labute approximate surface area is 130 Å². The maximum atomic E-state index is 11.9. The number of amides is 1. The van der Waals surface area contributed by atoms with Crippen molar-refractivity contribution >= 4 is 17.5 Å². The van der Waals surface area contributed by atoms with Gasteiger partial charge in [-0.05, 0) is 31.7 Å². The summed E-state index contributed by atoms with van der Waals surface area (Å²) in [5.41, 5.74) is -0.555. The summed E-state index contributed by atoms with van der Waals surface area (Å²) in [6.07, 6.45) is 2.33. The summed E-state index contributed by atoms with van der Waals surface area (Å²) < 4.78 is 5.29. The standard InChI is InChI=1S/C16H22ClNO3/c1-16(20,13-4-2-3-5-14(13)17)11-18-15(19)7-6-12-8-9-21-10-12/h2-5,12,20H,6-11H2,1H3,(H,18,19)/t12-,16-/m1/s1. The number of hydrogen-bond acceptors (Lipinski definition) is 3. The molecular weight excluding hydrogens is 290 g/mol. The maximum absolute atomic E-state index is 11.9. The van der Waals surface area contributed by atoms with Gasteiger partial charge >= 0.3 is 0 Å². The Bertz CT molecular complexity index is 484. The molecule has 1 amide bonds. The summed E-state index contributed by atoms with van der Waals surface area (Å²) in [4.78, 5) is 11.9. The van der Waals surface area contributed by atoms with Crippen LogP contribution in [-0.2, 0) is 15.1 Å².